The number of amides is 1. The van der Waals surface area contributed by atoms with Crippen LogP contribution in [0.2, 0.25) is 0 Å². The summed E-state index contributed by atoms with van der Waals surface area (Å²) in [5, 5.41) is 9.15. The average Bonchev–Trinajstić information content (AvgIpc) is 2.27. The van der Waals surface area contributed by atoms with Crippen LogP contribution >= 0.6 is 11.6 Å². The van der Waals surface area contributed by atoms with Crippen LogP contribution in [0.25, 0.3) is 0 Å². The van der Waals surface area contributed by atoms with Crippen molar-refractivity contribution in [2.24, 2.45) is 0 Å². The van der Waals surface area contributed by atoms with E-state index in [2.05, 4.69) is 10.1 Å². The number of ether oxygens (including phenoxy) is 1. The summed E-state index contributed by atoms with van der Waals surface area (Å²) < 4.78 is 4.64. The van der Waals surface area contributed by atoms with E-state index in [-0.39, 0.29) is 23.9 Å². The highest BCUT2D eigenvalue weighted by atomic mass is 35.5. The van der Waals surface area contributed by atoms with Crippen molar-refractivity contribution >= 4 is 28.6 Å². The van der Waals surface area contributed by atoms with Gasteiger partial charge in [0.1, 0.15) is 11.7 Å². The van der Waals surface area contributed by atoms with Crippen molar-refractivity contribution in [3.8, 4) is 0 Å². The van der Waals surface area contributed by atoms with Crippen LogP contribution in [0, 0.1) is 5.41 Å². The number of carbonyl (C=O) groups excluding carboxylic acids is 2. The third-order valence-corrected chi connectivity index (χ3v) is 1.84. The maximum Gasteiger partial charge on any atom is 0.325 e. The number of hydrogen-bond donors (Lipinski definition) is 2. The van der Waals surface area contributed by atoms with Crippen molar-refractivity contribution in [1.29, 1.82) is 5.41 Å². The van der Waals surface area contributed by atoms with Crippen LogP contribution in [0.5, 0.6) is 0 Å². The molecule has 0 aromatic rings. The summed E-state index contributed by atoms with van der Waals surface area (Å²) in [7, 11) is 0. The summed E-state index contributed by atoms with van der Waals surface area (Å²) in [6, 6.07) is 0. The van der Waals surface area contributed by atoms with Crippen molar-refractivity contribution in [2.75, 3.05) is 13.2 Å². The van der Waals surface area contributed by atoms with Gasteiger partial charge >= 0.3 is 5.97 Å². The van der Waals surface area contributed by atoms with Gasteiger partial charge in [-0.15, -0.1) is 0 Å². The minimum absolute atomic E-state index is 0.00550. The molecule has 0 aliphatic rings. The number of esters is 1. The van der Waals surface area contributed by atoms with Gasteiger partial charge in [-0.3, -0.25) is 15.0 Å². The summed E-state index contributed by atoms with van der Waals surface area (Å²) in [6.45, 7) is 3.44. The Kier molecular flexibility index (Phi) is 7.71. The molecular formula is C11H15ClN2O3. The Morgan fingerprint density at radius 2 is 2.12 bits per heavy atom. The monoisotopic (exact) mass is 258 g/mol. The van der Waals surface area contributed by atoms with Crippen LogP contribution in [0.1, 0.15) is 13.8 Å². The normalized spacial score (nSPS) is 11.4. The van der Waals surface area contributed by atoms with E-state index >= 15 is 0 Å². The summed E-state index contributed by atoms with van der Waals surface area (Å²) >= 11 is 5.46. The molecule has 0 unspecified atom stereocenters. The molecule has 0 aromatic heterocycles. The van der Waals surface area contributed by atoms with E-state index in [0.717, 1.165) is 0 Å². The second-order valence-electron chi connectivity index (χ2n) is 2.91. The molecule has 0 saturated carbocycles. The Labute approximate surface area is 105 Å². The Bertz CT molecular complexity index is 362. The molecule has 17 heavy (non-hydrogen) atoms. The third-order valence-electron chi connectivity index (χ3n) is 1.64. The first-order valence-electron chi connectivity index (χ1n) is 5.04. The largest absolute Gasteiger partial charge is 0.465 e. The van der Waals surface area contributed by atoms with Crippen molar-refractivity contribution in [3.63, 3.8) is 0 Å². The Morgan fingerprint density at radius 1 is 1.47 bits per heavy atom. The second kappa shape index (κ2) is 8.52. The van der Waals surface area contributed by atoms with Crippen LogP contribution in [-0.2, 0) is 14.3 Å². The van der Waals surface area contributed by atoms with E-state index in [0.29, 0.717) is 0 Å². The Morgan fingerprint density at radius 3 is 2.59 bits per heavy atom. The van der Waals surface area contributed by atoms with Crippen LogP contribution < -0.4 is 5.32 Å². The number of halogens is 1. The molecule has 94 valence electrons. The lowest BCUT2D eigenvalue weighted by Gasteiger charge is -2.05. The standard InChI is InChI=1S/C11H15ClN2O3/c1-3-5-6-8(10(12)13)11(16)14-7-9(15)17-4-2/h3,5-6,13H,4,7H2,1-2H3,(H,14,16)/b5-3-,8-6+,13-10?. The maximum atomic E-state index is 11.6. The van der Waals surface area contributed by atoms with Crippen molar-refractivity contribution in [3.05, 3.63) is 23.8 Å². The topological polar surface area (TPSA) is 79.3 Å². The number of rotatable bonds is 6. The maximum absolute atomic E-state index is 11.6. The molecule has 2 N–H and O–H groups in total. The SMILES string of the molecule is C/C=C\C=C(/C(=N)Cl)C(=O)NCC(=O)OCC. The third kappa shape index (κ3) is 6.52. The second-order valence-corrected chi connectivity index (χ2v) is 3.29. The molecule has 0 bridgehead atoms. The predicted molar refractivity (Wildman–Crippen MR) is 66.1 cm³/mol. The molecule has 5 nitrogen and oxygen atoms in total. The summed E-state index contributed by atoms with van der Waals surface area (Å²) in [4.78, 5) is 22.5. The minimum Gasteiger partial charge on any atom is -0.465 e. The number of carbonyl (C=O) groups is 2. The molecule has 0 aliphatic heterocycles. The van der Waals surface area contributed by atoms with E-state index < -0.39 is 11.9 Å². The Hall–Kier alpha value is -1.62. The molecule has 0 atom stereocenters. The van der Waals surface area contributed by atoms with Gasteiger partial charge in [-0.1, -0.05) is 23.8 Å². The van der Waals surface area contributed by atoms with Crippen molar-refractivity contribution in [1.82, 2.24) is 5.32 Å². The fourth-order valence-electron chi connectivity index (χ4n) is 0.901. The van der Waals surface area contributed by atoms with Gasteiger partial charge in [0.15, 0.2) is 0 Å². The number of hydrogen-bond acceptors (Lipinski definition) is 4. The predicted octanol–water partition coefficient (Wildman–Crippen LogP) is 1.38. The van der Waals surface area contributed by atoms with Crippen LogP contribution in [0.15, 0.2) is 23.8 Å². The van der Waals surface area contributed by atoms with Gasteiger partial charge in [-0.2, -0.15) is 0 Å². The zero-order valence-corrected chi connectivity index (χ0v) is 10.5. The number of nitrogens with one attached hydrogen (secondary N) is 2. The van der Waals surface area contributed by atoms with Gasteiger partial charge in [-0.25, -0.2) is 0 Å². The fourth-order valence-corrected chi connectivity index (χ4v) is 1.05. The molecule has 0 fully saturated rings. The molecule has 0 radical (unpaired) electrons. The number of allylic oxidation sites excluding steroid dienone is 3. The highest BCUT2D eigenvalue weighted by Crippen LogP contribution is 2.02. The lowest BCUT2D eigenvalue weighted by Crippen LogP contribution is -2.32. The Balaban J connectivity index is 4.45. The quantitative estimate of drug-likeness (QED) is 0.327. The highest BCUT2D eigenvalue weighted by Gasteiger charge is 2.13. The summed E-state index contributed by atoms with van der Waals surface area (Å²) in [5.74, 6) is -1.12. The molecule has 0 rings (SSSR count). The molecule has 0 aliphatic carbocycles. The highest BCUT2D eigenvalue weighted by molar-refractivity contribution is 6.71. The van der Waals surface area contributed by atoms with Gasteiger partial charge in [-0.05, 0) is 19.9 Å². The fraction of sp³-hybridized carbons (Fsp3) is 0.364. The molecule has 0 aromatic carbocycles. The van der Waals surface area contributed by atoms with E-state index in [1.165, 1.54) is 6.08 Å². The summed E-state index contributed by atoms with van der Waals surface area (Å²) in [5.41, 5.74) is -0.00550. The molecule has 6 heteroatoms. The van der Waals surface area contributed by atoms with Crippen LogP contribution in [-0.4, -0.2) is 30.2 Å². The summed E-state index contributed by atoms with van der Waals surface area (Å²) in [6.07, 6.45) is 4.67. The average molecular weight is 259 g/mol. The van der Waals surface area contributed by atoms with E-state index in [1.807, 2.05) is 0 Å². The molecule has 0 spiro atoms. The molecule has 1 amide bonds. The minimum atomic E-state index is -0.587. The molecular weight excluding hydrogens is 244 g/mol. The van der Waals surface area contributed by atoms with Crippen molar-refractivity contribution in [2.45, 2.75) is 13.8 Å². The smallest absolute Gasteiger partial charge is 0.325 e. The first-order chi connectivity index (χ1) is 8.02. The first-order valence-corrected chi connectivity index (χ1v) is 5.41. The zero-order valence-electron chi connectivity index (χ0n) is 9.75. The van der Waals surface area contributed by atoms with Gasteiger partial charge in [0, 0.05) is 0 Å². The molecule has 0 saturated heterocycles. The van der Waals surface area contributed by atoms with E-state index in [9.17, 15) is 9.59 Å². The van der Waals surface area contributed by atoms with Gasteiger partial charge in [0.2, 0.25) is 0 Å². The zero-order chi connectivity index (χ0) is 13.3. The first kappa shape index (κ1) is 15.4. The lowest BCUT2D eigenvalue weighted by atomic mass is 10.2. The van der Waals surface area contributed by atoms with E-state index in [1.54, 1.807) is 26.0 Å². The molecule has 0 heterocycles. The van der Waals surface area contributed by atoms with Gasteiger partial charge < -0.3 is 10.1 Å². The van der Waals surface area contributed by atoms with Gasteiger partial charge in [0.05, 0.1) is 12.2 Å². The lowest BCUT2D eigenvalue weighted by molar-refractivity contribution is -0.143. The van der Waals surface area contributed by atoms with E-state index in [4.69, 9.17) is 17.0 Å². The van der Waals surface area contributed by atoms with Crippen molar-refractivity contribution < 1.29 is 14.3 Å². The van der Waals surface area contributed by atoms with Crippen LogP contribution in [0.4, 0.5) is 0 Å². The van der Waals surface area contributed by atoms with Crippen LogP contribution in [0.3, 0.4) is 0 Å². The van der Waals surface area contributed by atoms with Gasteiger partial charge in [0.25, 0.3) is 5.91 Å².